The van der Waals surface area contributed by atoms with Gasteiger partial charge < -0.3 is 0 Å². The van der Waals surface area contributed by atoms with Gasteiger partial charge in [-0.2, -0.15) is 0 Å². The summed E-state index contributed by atoms with van der Waals surface area (Å²) in [6.07, 6.45) is 0. The molecule has 37 valence electrons. The topological polar surface area (TPSA) is 6.02 Å². The first-order valence-electron chi connectivity index (χ1n) is 2.04. The Hall–Kier alpha value is -0.595. The number of hydrogen-bond donors (Lipinski definition) is 0. The number of rotatable bonds is 2. The molecule has 1 radical (unpaired) electrons. The minimum Gasteiger partial charge on any atom is -0.254 e. The summed E-state index contributed by atoms with van der Waals surface area (Å²) in [4.78, 5) is 0. The Kier molecular flexibility index (Phi) is 2.34. The van der Waals surface area contributed by atoms with Gasteiger partial charge in [0.15, 0.2) is 0 Å². The molecule has 0 amide bonds. The molecule has 3 heteroatoms. The number of hydrogen-bond acceptors (Lipinski definition) is 0. The normalized spacial score (nSPS) is 7.71. The summed E-state index contributed by atoms with van der Waals surface area (Å²) in [5, 5.41) is 0. The molecule has 7 heavy (non-hydrogen) atoms. The van der Waals surface area contributed by atoms with Crippen LogP contribution in [0.5, 0.6) is 0 Å². The molecule has 0 N–H and O–H groups in total. The van der Waals surface area contributed by atoms with E-state index < -0.39 is 0 Å². The van der Waals surface area contributed by atoms with E-state index in [9.17, 15) is 0 Å². The average molecular weight is 97.0 g/mol. The number of nitrogens with zero attached hydrogens (tertiary/aromatic N) is 2. The van der Waals surface area contributed by atoms with E-state index in [1.165, 1.54) is 0 Å². The van der Waals surface area contributed by atoms with Gasteiger partial charge in [0, 0.05) is 0 Å². The predicted molar refractivity (Wildman–Crippen MR) is 32.4 cm³/mol. The fourth-order valence-electron chi connectivity index (χ4n) is 0.337. The van der Waals surface area contributed by atoms with Crippen molar-refractivity contribution < 1.29 is 8.97 Å². The first-order valence-corrected chi connectivity index (χ1v) is 2.04. The Bertz CT molecular complexity index is 85.9. The Balaban J connectivity index is 3.32. The maximum absolute atomic E-state index is 3.57. The van der Waals surface area contributed by atoms with E-state index in [0.29, 0.717) is 0 Å². The van der Waals surface area contributed by atoms with Crippen LogP contribution in [0, 0.1) is 0 Å². The van der Waals surface area contributed by atoms with Gasteiger partial charge in [0.05, 0.1) is 0 Å². The van der Waals surface area contributed by atoms with E-state index in [1.54, 1.807) is 16.5 Å². The molecule has 0 aromatic heterocycles. The Morgan fingerprint density at radius 2 is 1.43 bits per heavy atom. The van der Waals surface area contributed by atoms with Crippen molar-refractivity contribution in [3.63, 3.8) is 0 Å². The molecule has 0 bridgehead atoms. The van der Waals surface area contributed by atoms with Crippen molar-refractivity contribution >= 4 is 21.0 Å². The van der Waals surface area contributed by atoms with Crippen molar-refractivity contribution in [2.45, 2.75) is 0 Å². The summed E-state index contributed by atoms with van der Waals surface area (Å²) in [6, 6.07) is 0. The van der Waals surface area contributed by atoms with Crippen molar-refractivity contribution in [1.82, 2.24) is 0 Å². The monoisotopic (exact) mass is 97.1 g/mol. The third-order valence-electron chi connectivity index (χ3n) is 0.394. The van der Waals surface area contributed by atoms with Crippen LogP contribution in [-0.2, 0) is 0 Å². The molecule has 0 saturated carbocycles. The maximum Gasteiger partial charge on any atom is 0.972 e. The zero-order valence-corrected chi connectivity index (χ0v) is 4.89. The van der Waals surface area contributed by atoms with Crippen LogP contribution in [0.25, 0.3) is 0 Å². The highest BCUT2D eigenvalue weighted by Gasteiger charge is 2.16. The fourth-order valence-corrected chi connectivity index (χ4v) is 0.337. The molecule has 0 aromatic carbocycles. The molecular formula is C4H10BN2+2. The fraction of sp³-hybridized carbons (Fsp3) is 0.500. The SMILES string of the molecule is C=[N+](C)[B][N+](=C)C. The zero-order valence-electron chi connectivity index (χ0n) is 4.89. The van der Waals surface area contributed by atoms with E-state index in [-0.39, 0.29) is 0 Å². The molecule has 0 atom stereocenters. The van der Waals surface area contributed by atoms with Crippen LogP contribution in [0.4, 0.5) is 0 Å². The second kappa shape index (κ2) is 2.56. The lowest BCUT2D eigenvalue weighted by molar-refractivity contribution is -0.463. The average Bonchev–Trinajstić information content (AvgIpc) is 1.27. The van der Waals surface area contributed by atoms with Gasteiger partial charge in [-0.3, -0.25) is 8.97 Å². The highest BCUT2D eigenvalue weighted by molar-refractivity contribution is 6.14. The van der Waals surface area contributed by atoms with Crippen molar-refractivity contribution in [3.8, 4) is 0 Å². The van der Waals surface area contributed by atoms with Gasteiger partial charge in [0.25, 0.3) is 0 Å². The summed E-state index contributed by atoms with van der Waals surface area (Å²) in [5.74, 6) is 0. The second-order valence-electron chi connectivity index (χ2n) is 1.63. The molecule has 0 saturated heterocycles. The van der Waals surface area contributed by atoms with Crippen molar-refractivity contribution in [3.05, 3.63) is 0 Å². The standard InChI is InChI=1S/C4H10BN2/c1-6(2)5-7(3)4/h1,3H2,2,4H3/q+2. The molecule has 0 unspecified atom stereocenters. The first kappa shape index (κ1) is 6.40. The molecule has 0 aliphatic heterocycles. The first-order chi connectivity index (χ1) is 3.13. The van der Waals surface area contributed by atoms with E-state index in [2.05, 4.69) is 13.4 Å². The third kappa shape index (κ3) is 5.40. The van der Waals surface area contributed by atoms with E-state index in [0.717, 1.165) is 0 Å². The van der Waals surface area contributed by atoms with Gasteiger partial charge in [-0.15, -0.1) is 0 Å². The smallest absolute Gasteiger partial charge is 0.254 e. The Labute approximate surface area is 45.1 Å². The molecule has 0 aliphatic rings. The third-order valence-corrected chi connectivity index (χ3v) is 0.394. The molecular weight excluding hydrogens is 86.9 g/mol. The molecule has 0 aliphatic carbocycles. The molecule has 2 nitrogen and oxygen atoms in total. The van der Waals surface area contributed by atoms with Crippen LogP contribution in [0.1, 0.15) is 0 Å². The van der Waals surface area contributed by atoms with Crippen LogP contribution < -0.4 is 0 Å². The predicted octanol–water partition coefficient (Wildman–Crippen LogP) is -0.794. The van der Waals surface area contributed by atoms with Gasteiger partial charge in [-0.1, -0.05) is 0 Å². The Morgan fingerprint density at radius 3 is 1.43 bits per heavy atom. The largest absolute Gasteiger partial charge is 0.972 e. The van der Waals surface area contributed by atoms with Crippen molar-refractivity contribution in [1.29, 1.82) is 0 Å². The zero-order chi connectivity index (χ0) is 5.86. The summed E-state index contributed by atoms with van der Waals surface area (Å²) in [5.41, 5.74) is 0. The van der Waals surface area contributed by atoms with Crippen molar-refractivity contribution in [2.24, 2.45) is 0 Å². The van der Waals surface area contributed by atoms with Crippen molar-refractivity contribution in [2.75, 3.05) is 14.1 Å². The van der Waals surface area contributed by atoms with Gasteiger partial charge in [-0.05, 0) is 0 Å². The summed E-state index contributed by atoms with van der Waals surface area (Å²) >= 11 is 0. The van der Waals surface area contributed by atoms with Gasteiger partial charge >= 0.3 is 7.55 Å². The lowest BCUT2D eigenvalue weighted by Gasteiger charge is -1.78. The van der Waals surface area contributed by atoms with Crippen LogP contribution >= 0.6 is 0 Å². The summed E-state index contributed by atoms with van der Waals surface area (Å²) in [7, 11) is 5.48. The highest BCUT2D eigenvalue weighted by atomic mass is 15.0. The molecule has 0 aromatic rings. The highest BCUT2D eigenvalue weighted by Crippen LogP contribution is 1.55. The molecule has 0 rings (SSSR count). The van der Waals surface area contributed by atoms with E-state index in [4.69, 9.17) is 0 Å². The lowest BCUT2D eigenvalue weighted by Crippen LogP contribution is -2.20. The van der Waals surface area contributed by atoms with Gasteiger partial charge in [-0.25, -0.2) is 0 Å². The Morgan fingerprint density at radius 1 is 1.14 bits per heavy atom. The van der Waals surface area contributed by atoms with E-state index >= 15 is 0 Å². The van der Waals surface area contributed by atoms with Crippen LogP contribution in [0.3, 0.4) is 0 Å². The van der Waals surface area contributed by atoms with Crippen LogP contribution in [-0.4, -0.2) is 44.1 Å². The minimum absolute atomic E-state index is 1.69. The van der Waals surface area contributed by atoms with Crippen LogP contribution in [0.2, 0.25) is 0 Å². The van der Waals surface area contributed by atoms with Gasteiger partial charge in [0.1, 0.15) is 27.5 Å². The van der Waals surface area contributed by atoms with Crippen LogP contribution in [0.15, 0.2) is 0 Å². The second-order valence-corrected chi connectivity index (χ2v) is 1.63. The van der Waals surface area contributed by atoms with Gasteiger partial charge in [0.2, 0.25) is 0 Å². The maximum atomic E-state index is 3.57. The quantitative estimate of drug-likeness (QED) is 0.314. The molecule has 0 fully saturated rings. The lowest BCUT2D eigenvalue weighted by atomic mass is 10.2. The summed E-state index contributed by atoms with van der Waals surface area (Å²) in [6.45, 7) is 7.15. The summed E-state index contributed by atoms with van der Waals surface area (Å²) < 4.78 is 3.38. The molecule has 0 spiro atoms. The molecule has 0 heterocycles. The minimum atomic E-state index is 1.69. The van der Waals surface area contributed by atoms with E-state index in [1.807, 2.05) is 14.1 Å².